The van der Waals surface area contributed by atoms with Crippen LogP contribution in [-0.2, 0) is 11.1 Å². The van der Waals surface area contributed by atoms with Crippen LogP contribution in [0.1, 0.15) is 37.7 Å². The Morgan fingerprint density at radius 1 is 1.03 bits per heavy atom. The second-order valence-electron chi connectivity index (χ2n) is 8.77. The van der Waals surface area contributed by atoms with E-state index in [1.165, 1.54) is 0 Å². The van der Waals surface area contributed by atoms with Crippen molar-refractivity contribution in [3.05, 3.63) is 48.0 Å². The number of nitrogens with one attached hydrogen (secondary N) is 1. The van der Waals surface area contributed by atoms with E-state index >= 15 is 0 Å². The van der Waals surface area contributed by atoms with Gasteiger partial charge in [-0.3, -0.25) is 9.88 Å². The molecule has 2 aliphatic heterocycles. The molecule has 0 atom stereocenters. The Balaban J connectivity index is 1.45. The van der Waals surface area contributed by atoms with Crippen LogP contribution < -0.4 is 20.5 Å². The largest absolute Gasteiger partial charge is 0.489 e. The molecule has 0 bridgehead atoms. The maximum absolute atomic E-state index is 10.1. The molecule has 1 spiro atoms. The summed E-state index contributed by atoms with van der Waals surface area (Å²) < 4.78 is 13.9. The van der Waals surface area contributed by atoms with E-state index in [0.717, 1.165) is 28.8 Å². The Morgan fingerprint density at radius 2 is 1.75 bits per heavy atom. The highest BCUT2D eigenvalue weighted by Crippen LogP contribution is 2.50. The lowest BCUT2D eigenvalue weighted by Gasteiger charge is -2.44. The van der Waals surface area contributed by atoms with Gasteiger partial charge in [0.15, 0.2) is 17.5 Å². The number of guanidine groups is 1. The number of aromatic nitrogens is 2. The number of hydrogen-bond donors (Lipinski definition) is 2. The summed E-state index contributed by atoms with van der Waals surface area (Å²) in [5.74, 6) is 2.45. The number of aliphatic imine (C=N–C) groups is 1. The minimum Gasteiger partial charge on any atom is -0.489 e. The smallest absolute Gasteiger partial charge is 0.212 e. The zero-order valence-corrected chi connectivity index (χ0v) is 17.7. The van der Waals surface area contributed by atoms with E-state index in [-0.39, 0.29) is 0 Å². The van der Waals surface area contributed by atoms with Gasteiger partial charge < -0.3 is 15.2 Å². The minimum absolute atomic E-state index is 0.353. The SMILES string of the molecule is N#CC1(c2ccccc2)CCC2(CC1)N=C(N)Nc1nc3cc4c(cc3n12)OCCCO4. The van der Waals surface area contributed by atoms with E-state index in [1.54, 1.807) is 0 Å². The van der Waals surface area contributed by atoms with Gasteiger partial charge in [0.25, 0.3) is 0 Å². The maximum Gasteiger partial charge on any atom is 0.212 e. The zero-order valence-electron chi connectivity index (χ0n) is 17.7. The lowest BCUT2D eigenvalue weighted by molar-refractivity contribution is 0.169. The zero-order chi connectivity index (χ0) is 21.8. The lowest BCUT2D eigenvalue weighted by Crippen LogP contribution is -2.47. The van der Waals surface area contributed by atoms with Gasteiger partial charge in [-0.2, -0.15) is 5.26 Å². The number of hydrogen-bond acceptors (Lipinski definition) is 7. The van der Waals surface area contributed by atoms with Crippen LogP contribution in [0.15, 0.2) is 47.5 Å². The highest BCUT2D eigenvalue weighted by molar-refractivity contribution is 5.95. The van der Waals surface area contributed by atoms with Crippen molar-refractivity contribution in [2.24, 2.45) is 10.7 Å². The summed E-state index contributed by atoms with van der Waals surface area (Å²) in [7, 11) is 0. The molecule has 0 radical (unpaired) electrons. The van der Waals surface area contributed by atoms with E-state index in [0.29, 0.717) is 56.6 Å². The number of benzene rings is 2. The van der Waals surface area contributed by atoms with Crippen LogP contribution in [0.4, 0.5) is 5.95 Å². The molecule has 3 aromatic rings. The third kappa shape index (κ3) is 2.74. The number of imidazole rings is 1. The summed E-state index contributed by atoms with van der Waals surface area (Å²) in [6.07, 6.45) is 3.59. The van der Waals surface area contributed by atoms with Crippen LogP contribution in [0.2, 0.25) is 0 Å². The van der Waals surface area contributed by atoms with Crippen molar-refractivity contribution in [3.8, 4) is 17.6 Å². The van der Waals surface area contributed by atoms with Crippen LogP contribution in [-0.4, -0.2) is 28.7 Å². The van der Waals surface area contributed by atoms with Gasteiger partial charge in [-0.1, -0.05) is 30.3 Å². The van der Waals surface area contributed by atoms with Gasteiger partial charge in [0.1, 0.15) is 5.66 Å². The topological polar surface area (TPSA) is 110 Å². The van der Waals surface area contributed by atoms with Gasteiger partial charge in [0.2, 0.25) is 5.95 Å². The van der Waals surface area contributed by atoms with Crippen LogP contribution in [0, 0.1) is 11.3 Å². The van der Waals surface area contributed by atoms with Crippen molar-refractivity contribution >= 4 is 22.9 Å². The summed E-state index contributed by atoms with van der Waals surface area (Å²) in [5, 5.41) is 13.3. The highest BCUT2D eigenvalue weighted by Gasteiger charge is 2.48. The average molecular weight is 428 g/mol. The maximum atomic E-state index is 10.1. The second-order valence-corrected chi connectivity index (χ2v) is 8.77. The first-order valence-electron chi connectivity index (χ1n) is 11.0. The second kappa shape index (κ2) is 6.89. The number of nitrogens with zero attached hydrogens (tertiary/aromatic N) is 4. The molecule has 0 saturated heterocycles. The summed E-state index contributed by atoms with van der Waals surface area (Å²) in [6.45, 7) is 1.25. The Hall–Kier alpha value is -3.73. The summed E-state index contributed by atoms with van der Waals surface area (Å²) in [5.41, 5.74) is 7.89. The molecule has 6 rings (SSSR count). The molecule has 0 unspecified atom stereocenters. The molecule has 3 N–H and O–H groups in total. The molecule has 2 aromatic carbocycles. The van der Waals surface area contributed by atoms with Crippen molar-refractivity contribution in [1.82, 2.24) is 9.55 Å². The van der Waals surface area contributed by atoms with Crippen LogP contribution >= 0.6 is 0 Å². The first-order chi connectivity index (χ1) is 15.6. The Kier molecular flexibility index (Phi) is 4.09. The van der Waals surface area contributed by atoms with E-state index in [1.807, 2.05) is 42.5 Å². The molecule has 162 valence electrons. The molecule has 3 aliphatic rings. The predicted molar refractivity (Wildman–Crippen MR) is 121 cm³/mol. The fraction of sp³-hybridized carbons (Fsp3) is 0.375. The number of ether oxygens (including phenoxy) is 2. The first kappa shape index (κ1) is 19.0. The predicted octanol–water partition coefficient (Wildman–Crippen LogP) is 3.63. The van der Waals surface area contributed by atoms with Crippen molar-refractivity contribution < 1.29 is 9.47 Å². The normalized spacial score (nSPS) is 26.5. The van der Waals surface area contributed by atoms with Gasteiger partial charge in [-0.25, -0.2) is 9.98 Å². The molecular formula is C24H24N6O2. The molecule has 1 fully saturated rings. The summed E-state index contributed by atoms with van der Waals surface area (Å²) >= 11 is 0. The number of rotatable bonds is 1. The number of nitrogens with two attached hydrogens (primary N) is 1. The molecule has 8 heteroatoms. The average Bonchev–Trinajstić information content (AvgIpc) is 3.01. The molecule has 1 aliphatic carbocycles. The van der Waals surface area contributed by atoms with Gasteiger partial charge in [0.05, 0.1) is 35.7 Å². The monoisotopic (exact) mass is 428 g/mol. The van der Waals surface area contributed by atoms with Gasteiger partial charge >= 0.3 is 0 Å². The molecule has 1 aromatic heterocycles. The highest BCUT2D eigenvalue weighted by atomic mass is 16.5. The third-order valence-electron chi connectivity index (χ3n) is 6.95. The van der Waals surface area contributed by atoms with E-state index < -0.39 is 11.1 Å². The fourth-order valence-electron chi connectivity index (χ4n) is 5.29. The van der Waals surface area contributed by atoms with E-state index in [4.69, 9.17) is 25.2 Å². The molecule has 32 heavy (non-hydrogen) atoms. The van der Waals surface area contributed by atoms with E-state index in [9.17, 15) is 5.26 Å². The lowest BCUT2D eigenvalue weighted by atomic mass is 9.67. The Bertz CT molecular complexity index is 1270. The quantitative estimate of drug-likeness (QED) is 0.612. The first-order valence-corrected chi connectivity index (χ1v) is 11.0. The van der Waals surface area contributed by atoms with Gasteiger partial charge in [0, 0.05) is 18.6 Å². The molecular weight excluding hydrogens is 404 g/mol. The number of anilines is 1. The molecule has 1 saturated carbocycles. The van der Waals surface area contributed by atoms with Crippen LogP contribution in [0.25, 0.3) is 11.0 Å². The minimum atomic E-state index is -0.589. The van der Waals surface area contributed by atoms with Crippen LogP contribution in [0.3, 0.4) is 0 Å². The van der Waals surface area contributed by atoms with Crippen molar-refractivity contribution in [1.29, 1.82) is 5.26 Å². The van der Waals surface area contributed by atoms with Crippen molar-refractivity contribution in [2.75, 3.05) is 18.5 Å². The Morgan fingerprint density at radius 3 is 2.47 bits per heavy atom. The van der Waals surface area contributed by atoms with Crippen LogP contribution in [0.5, 0.6) is 11.5 Å². The fourth-order valence-corrected chi connectivity index (χ4v) is 5.29. The third-order valence-corrected chi connectivity index (χ3v) is 6.95. The molecule has 3 heterocycles. The number of nitriles is 1. The van der Waals surface area contributed by atoms with Crippen molar-refractivity contribution in [2.45, 2.75) is 43.2 Å². The standard InChI is InChI=1S/C24H24N6O2/c25-15-23(16-5-2-1-3-6-16)7-9-24(10-8-23)29-21(26)28-22-27-17-13-19-20(14-18(17)30(22)24)32-12-4-11-31-19/h1-3,5-6,13-14H,4,7-12H2,(H3,26,27,28,29). The molecule has 8 nitrogen and oxygen atoms in total. The Labute approximate surface area is 185 Å². The number of fused-ring (bicyclic) bond motifs is 5. The van der Waals surface area contributed by atoms with Gasteiger partial charge in [-0.05, 0) is 31.2 Å². The summed E-state index contributed by atoms with van der Waals surface area (Å²) in [6, 6.07) is 16.6. The van der Waals surface area contributed by atoms with E-state index in [2.05, 4.69) is 16.0 Å². The van der Waals surface area contributed by atoms with Crippen molar-refractivity contribution in [3.63, 3.8) is 0 Å². The summed E-state index contributed by atoms with van der Waals surface area (Å²) in [4.78, 5) is 9.68. The molecule has 0 amide bonds. The van der Waals surface area contributed by atoms with Gasteiger partial charge in [-0.15, -0.1) is 0 Å².